The van der Waals surface area contributed by atoms with E-state index in [0.717, 1.165) is 11.8 Å². The van der Waals surface area contributed by atoms with E-state index in [9.17, 15) is 0 Å². The minimum atomic E-state index is 0.976. The minimum absolute atomic E-state index is 0.976. The zero-order chi connectivity index (χ0) is 15.2. The van der Waals surface area contributed by atoms with Gasteiger partial charge in [-0.3, -0.25) is 0 Å². The average molecular weight is 296 g/mol. The fourth-order valence-corrected chi connectivity index (χ4v) is 3.58. The van der Waals surface area contributed by atoms with Crippen LogP contribution in [-0.2, 0) is 0 Å². The molecular formula is C20H41N. The quantitative estimate of drug-likeness (QED) is 0.392. The van der Waals surface area contributed by atoms with Crippen molar-refractivity contribution >= 4 is 0 Å². The van der Waals surface area contributed by atoms with Gasteiger partial charge in [-0.25, -0.2) is 0 Å². The standard InChI is InChI=1S/C20H41N/c1-3-4-5-6-7-8-9-10-11-12-17-21-18-20-15-13-19(2)14-16-20/h19-21H,3-18H2,1-2H3. The summed E-state index contributed by atoms with van der Waals surface area (Å²) in [5.41, 5.74) is 0. The first-order valence-electron chi connectivity index (χ1n) is 10.0. The van der Waals surface area contributed by atoms with Crippen LogP contribution in [0.2, 0.25) is 0 Å². The van der Waals surface area contributed by atoms with Crippen LogP contribution in [0, 0.1) is 11.8 Å². The molecule has 0 aliphatic heterocycles. The fourth-order valence-electron chi connectivity index (χ4n) is 3.58. The molecule has 0 saturated heterocycles. The van der Waals surface area contributed by atoms with Gasteiger partial charge in [0.25, 0.3) is 0 Å². The molecular weight excluding hydrogens is 254 g/mol. The van der Waals surface area contributed by atoms with E-state index < -0.39 is 0 Å². The van der Waals surface area contributed by atoms with Crippen molar-refractivity contribution in [2.45, 2.75) is 104 Å². The second-order valence-electron chi connectivity index (χ2n) is 7.51. The molecule has 0 bridgehead atoms. The Morgan fingerprint density at radius 2 is 1.24 bits per heavy atom. The molecule has 1 nitrogen and oxygen atoms in total. The highest BCUT2D eigenvalue weighted by atomic mass is 14.9. The van der Waals surface area contributed by atoms with Crippen LogP contribution in [0.1, 0.15) is 104 Å². The molecule has 0 aromatic rings. The van der Waals surface area contributed by atoms with Crippen molar-refractivity contribution in [3.8, 4) is 0 Å². The van der Waals surface area contributed by atoms with E-state index in [-0.39, 0.29) is 0 Å². The lowest BCUT2D eigenvalue weighted by Gasteiger charge is -2.26. The molecule has 1 saturated carbocycles. The van der Waals surface area contributed by atoms with Crippen molar-refractivity contribution in [2.75, 3.05) is 13.1 Å². The number of hydrogen-bond acceptors (Lipinski definition) is 1. The van der Waals surface area contributed by atoms with E-state index in [2.05, 4.69) is 19.2 Å². The Balaban J connectivity index is 1.73. The van der Waals surface area contributed by atoms with Gasteiger partial charge in [0.1, 0.15) is 0 Å². The summed E-state index contributed by atoms with van der Waals surface area (Å²) in [5.74, 6) is 1.97. The third-order valence-electron chi connectivity index (χ3n) is 5.28. The van der Waals surface area contributed by atoms with Gasteiger partial charge in [-0.15, -0.1) is 0 Å². The van der Waals surface area contributed by atoms with Crippen molar-refractivity contribution in [2.24, 2.45) is 11.8 Å². The van der Waals surface area contributed by atoms with Crippen molar-refractivity contribution < 1.29 is 0 Å². The summed E-state index contributed by atoms with van der Waals surface area (Å²) >= 11 is 0. The monoisotopic (exact) mass is 295 g/mol. The molecule has 21 heavy (non-hydrogen) atoms. The predicted molar refractivity (Wildman–Crippen MR) is 95.8 cm³/mol. The van der Waals surface area contributed by atoms with Crippen LogP contribution < -0.4 is 5.32 Å². The zero-order valence-electron chi connectivity index (χ0n) is 15.0. The number of hydrogen-bond donors (Lipinski definition) is 1. The van der Waals surface area contributed by atoms with Crippen LogP contribution >= 0.6 is 0 Å². The number of nitrogens with one attached hydrogen (secondary N) is 1. The molecule has 1 heteroatoms. The predicted octanol–water partition coefficient (Wildman–Crippen LogP) is 6.32. The summed E-state index contributed by atoms with van der Waals surface area (Å²) in [6, 6.07) is 0. The van der Waals surface area contributed by atoms with E-state index in [1.165, 1.54) is 103 Å². The SMILES string of the molecule is CCCCCCCCCCCCNCC1CCC(C)CC1. The topological polar surface area (TPSA) is 12.0 Å². The molecule has 0 spiro atoms. The molecule has 0 heterocycles. The Bertz CT molecular complexity index is 206. The van der Waals surface area contributed by atoms with Gasteiger partial charge < -0.3 is 5.32 Å². The van der Waals surface area contributed by atoms with E-state index in [1.54, 1.807) is 0 Å². The van der Waals surface area contributed by atoms with Gasteiger partial charge in [-0.1, -0.05) is 84.5 Å². The highest BCUT2D eigenvalue weighted by Gasteiger charge is 2.17. The Labute approximate surface area is 134 Å². The minimum Gasteiger partial charge on any atom is -0.316 e. The molecule has 1 fully saturated rings. The second-order valence-corrected chi connectivity index (χ2v) is 7.51. The van der Waals surface area contributed by atoms with Gasteiger partial charge in [0, 0.05) is 0 Å². The van der Waals surface area contributed by atoms with Crippen molar-refractivity contribution in [3.63, 3.8) is 0 Å². The number of unbranched alkanes of at least 4 members (excludes halogenated alkanes) is 9. The maximum Gasteiger partial charge on any atom is -0.00205 e. The van der Waals surface area contributed by atoms with Gasteiger partial charge in [0.2, 0.25) is 0 Å². The van der Waals surface area contributed by atoms with Gasteiger partial charge in [0.15, 0.2) is 0 Å². The molecule has 0 aromatic carbocycles. The third kappa shape index (κ3) is 11.2. The smallest absolute Gasteiger partial charge is 0.00205 e. The molecule has 1 aliphatic carbocycles. The first-order chi connectivity index (χ1) is 10.3. The van der Waals surface area contributed by atoms with Crippen molar-refractivity contribution in [3.05, 3.63) is 0 Å². The highest BCUT2D eigenvalue weighted by Crippen LogP contribution is 2.27. The molecule has 0 unspecified atom stereocenters. The summed E-state index contributed by atoms with van der Waals surface area (Å²) in [4.78, 5) is 0. The van der Waals surface area contributed by atoms with Gasteiger partial charge >= 0.3 is 0 Å². The van der Waals surface area contributed by atoms with Crippen LogP contribution in [0.25, 0.3) is 0 Å². The summed E-state index contributed by atoms with van der Waals surface area (Å²) in [7, 11) is 0. The lowest BCUT2D eigenvalue weighted by molar-refractivity contribution is 0.281. The van der Waals surface area contributed by atoms with Crippen LogP contribution in [0.15, 0.2) is 0 Å². The normalized spacial score (nSPS) is 22.6. The van der Waals surface area contributed by atoms with Crippen LogP contribution in [0.3, 0.4) is 0 Å². The Hall–Kier alpha value is -0.0400. The molecule has 1 N–H and O–H groups in total. The Kier molecular flexibility index (Phi) is 12.3. The van der Waals surface area contributed by atoms with Gasteiger partial charge in [-0.2, -0.15) is 0 Å². The highest BCUT2D eigenvalue weighted by molar-refractivity contribution is 4.71. The summed E-state index contributed by atoms with van der Waals surface area (Å²) in [6.45, 7) is 7.24. The maximum absolute atomic E-state index is 3.70. The van der Waals surface area contributed by atoms with E-state index >= 15 is 0 Å². The van der Waals surface area contributed by atoms with Crippen LogP contribution in [0.4, 0.5) is 0 Å². The lowest BCUT2D eigenvalue weighted by atomic mass is 9.83. The van der Waals surface area contributed by atoms with Gasteiger partial charge in [0.05, 0.1) is 0 Å². The van der Waals surface area contributed by atoms with Crippen LogP contribution in [0.5, 0.6) is 0 Å². The molecule has 1 rings (SSSR count). The Morgan fingerprint density at radius 1 is 0.714 bits per heavy atom. The molecule has 1 aliphatic rings. The van der Waals surface area contributed by atoms with E-state index in [4.69, 9.17) is 0 Å². The van der Waals surface area contributed by atoms with E-state index in [0.29, 0.717) is 0 Å². The van der Waals surface area contributed by atoms with Crippen LogP contribution in [-0.4, -0.2) is 13.1 Å². The average Bonchev–Trinajstić information content (AvgIpc) is 2.50. The fraction of sp³-hybridized carbons (Fsp3) is 1.00. The lowest BCUT2D eigenvalue weighted by Crippen LogP contribution is -2.26. The third-order valence-corrected chi connectivity index (χ3v) is 5.28. The molecule has 0 radical (unpaired) electrons. The molecule has 0 aromatic heterocycles. The number of rotatable bonds is 13. The molecule has 0 atom stereocenters. The molecule has 0 amide bonds. The van der Waals surface area contributed by atoms with Crippen molar-refractivity contribution in [1.29, 1.82) is 0 Å². The summed E-state index contributed by atoms with van der Waals surface area (Å²) in [6.07, 6.45) is 20.3. The van der Waals surface area contributed by atoms with Crippen molar-refractivity contribution in [1.82, 2.24) is 5.32 Å². The summed E-state index contributed by atoms with van der Waals surface area (Å²) in [5, 5.41) is 3.70. The first kappa shape index (κ1) is 19.0. The molecule has 126 valence electrons. The van der Waals surface area contributed by atoms with E-state index in [1.807, 2.05) is 0 Å². The largest absolute Gasteiger partial charge is 0.316 e. The zero-order valence-corrected chi connectivity index (χ0v) is 15.0. The van der Waals surface area contributed by atoms with Gasteiger partial charge in [-0.05, 0) is 44.2 Å². The second kappa shape index (κ2) is 13.6. The summed E-state index contributed by atoms with van der Waals surface area (Å²) < 4.78 is 0. The Morgan fingerprint density at radius 3 is 1.81 bits per heavy atom. The maximum atomic E-state index is 3.70. The first-order valence-corrected chi connectivity index (χ1v) is 10.0.